The Morgan fingerprint density at radius 1 is 1.27 bits per heavy atom. The normalized spacial score (nSPS) is 17.1. The predicted molar refractivity (Wildman–Crippen MR) is 86.0 cm³/mol. The number of anilines is 1. The summed E-state index contributed by atoms with van der Waals surface area (Å²) in [4.78, 5) is 16.7. The molecule has 0 fully saturated rings. The number of carbonyl (C=O) groups is 1. The van der Waals surface area contributed by atoms with Crippen LogP contribution in [0.15, 0.2) is 35.7 Å². The molecule has 1 aliphatic rings. The number of nitrogens with one attached hydrogen (secondary N) is 2. The molecule has 2 N–H and O–H groups in total. The van der Waals surface area contributed by atoms with E-state index in [-0.39, 0.29) is 11.8 Å². The summed E-state index contributed by atoms with van der Waals surface area (Å²) in [5, 5.41) is 12.9. The van der Waals surface area contributed by atoms with Gasteiger partial charge in [0, 0.05) is 34.5 Å². The molecule has 3 aromatic rings. The lowest BCUT2D eigenvalue weighted by molar-refractivity contribution is -0.116. The van der Waals surface area contributed by atoms with E-state index < -0.39 is 0 Å². The van der Waals surface area contributed by atoms with Gasteiger partial charge in [-0.15, -0.1) is 11.3 Å². The van der Waals surface area contributed by atoms with E-state index in [2.05, 4.69) is 15.5 Å². The van der Waals surface area contributed by atoms with E-state index in [4.69, 9.17) is 4.98 Å². The van der Waals surface area contributed by atoms with Gasteiger partial charge in [-0.3, -0.25) is 9.89 Å². The molecule has 6 heteroatoms. The van der Waals surface area contributed by atoms with Crippen molar-refractivity contribution in [2.24, 2.45) is 0 Å². The first kappa shape index (κ1) is 13.2. The minimum atomic E-state index is -0.0313. The minimum Gasteiger partial charge on any atom is -0.309 e. The molecule has 0 saturated carbocycles. The number of H-pyrrole nitrogens is 1. The van der Waals surface area contributed by atoms with Gasteiger partial charge in [0.1, 0.15) is 5.01 Å². The van der Waals surface area contributed by atoms with E-state index >= 15 is 0 Å². The first-order valence-corrected chi connectivity index (χ1v) is 7.96. The van der Waals surface area contributed by atoms with E-state index in [1.54, 1.807) is 11.3 Å². The SMILES string of the molecule is Cc1[nH]nc2c1C(c1csc(-c3ccccc3)n1)CC(=O)N2. The number of aromatic amines is 1. The number of aryl methyl sites for hydroxylation is 1. The average Bonchev–Trinajstić information content (AvgIpc) is 3.15. The Balaban J connectivity index is 1.75. The van der Waals surface area contributed by atoms with Crippen LogP contribution in [0, 0.1) is 6.92 Å². The highest BCUT2D eigenvalue weighted by atomic mass is 32.1. The van der Waals surface area contributed by atoms with E-state index in [1.165, 1.54) is 0 Å². The summed E-state index contributed by atoms with van der Waals surface area (Å²) in [7, 11) is 0. The molecule has 5 nitrogen and oxygen atoms in total. The van der Waals surface area contributed by atoms with E-state index in [1.807, 2.05) is 42.6 Å². The van der Waals surface area contributed by atoms with Crippen molar-refractivity contribution in [3.05, 3.63) is 52.7 Å². The van der Waals surface area contributed by atoms with Crippen molar-refractivity contribution >= 4 is 23.1 Å². The number of rotatable bonds is 2. The summed E-state index contributed by atoms with van der Waals surface area (Å²) < 4.78 is 0. The second kappa shape index (κ2) is 5.06. The Kier molecular flexibility index (Phi) is 3.04. The molecule has 1 amide bonds. The molecule has 0 spiro atoms. The maximum absolute atomic E-state index is 11.9. The van der Waals surface area contributed by atoms with Gasteiger partial charge in [-0.25, -0.2) is 4.98 Å². The third-order valence-electron chi connectivity index (χ3n) is 3.89. The summed E-state index contributed by atoms with van der Waals surface area (Å²) >= 11 is 1.61. The van der Waals surface area contributed by atoms with Crippen LogP contribution < -0.4 is 5.32 Å². The first-order valence-electron chi connectivity index (χ1n) is 7.08. The number of hydrogen-bond donors (Lipinski definition) is 2. The molecule has 3 heterocycles. The predicted octanol–water partition coefficient (Wildman–Crippen LogP) is 3.32. The van der Waals surface area contributed by atoms with Gasteiger partial charge in [-0.2, -0.15) is 5.10 Å². The van der Waals surface area contributed by atoms with Gasteiger partial charge in [-0.1, -0.05) is 30.3 Å². The fourth-order valence-electron chi connectivity index (χ4n) is 2.84. The van der Waals surface area contributed by atoms with Crippen LogP contribution in [0.4, 0.5) is 5.82 Å². The number of amides is 1. The summed E-state index contributed by atoms with van der Waals surface area (Å²) in [5.41, 5.74) is 4.06. The number of thiazole rings is 1. The molecule has 0 radical (unpaired) electrons. The molecule has 1 unspecified atom stereocenters. The topological polar surface area (TPSA) is 70.7 Å². The Labute approximate surface area is 131 Å². The van der Waals surface area contributed by atoms with Crippen LogP contribution in [0.2, 0.25) is 0 Å². The molecular formula is C16H14N4OS. The standard InChI is InChI=1S/C16H14N4OS/c1-9-14-11(7-13(21)18-15(14)20-19-9)12-8-22-16(17-12)10-5-3-2-4-6-10/h2-6,8,11H,7H2,1H3,(H2,18,19,20,21). The van der Waals surface area contributed by atoms with Gasteiger partial charge < -0.3 is 5.32 Å². The summed E-state index contributed by atoms with van der Waals surface area (Å²) in [6.45, 7) is 1.97. The van der Waals surface area contributed by atoms with Crippen LogP contribution in [0.3, 0.4) is 0 Å². The molecule has 0 bridgehead atoms. The van der Waals surface area contributed by atoms with Gasteiger partial charge >= 0.3 is 0 Å². The van der Waals surface area contributed by atoms with Gasteiger partial charge in [0.2, 0.25) is 5.91 Å². The third kappa shape index (κ3) is 2.12. The average molecular weight is 310 g/mol. The van der Waals surface area contributed by atoms with E-state index in [9.17, 15) is 4.79 Å². The molecule has 1 aliphatic heterocycles. The molecule has 110 valence electrons. The number of benzene rings is 1. The Morgan fingerprint density at radius 3 is 2.91 bits per heavy atom. The molecule has 4 rings (SSSR count). The fraction of sp³-hybridized carbons (Fsp3) is 0.188. The second-order valence-corrected chi connectivity index (χ2v) is 6.22. The van der Waals surface area contributed by atoms with Crippen LogP contribution in [0.25, 0.3) is 10.6 Å². The molecule has 0 saturated heterocycles. The molecule has 0 aliphatic carbocycles. The van der Waals surface area contributed by atoms with Crippen molar-refractivity contribution in [1.29, 1.82) is 0 Å². The lowest BCUT2D eigenvalue weighted by Gasteiger charge is -2.20. The Bertz CT molecular complexity index is 837. The number of carbonyl (C=O) groups excluding carboxylic acids is 1. The van der Waals surface area contributed by atoms with Gasteiger partial charge in [0.25, 0.3) is 0 Å². The third-order valence-corrected chi connectivity index (χ3v) is 4.80. The number of aromatic nitrogens is 3. The molecule has 1 atom stereocenters. The zero-order valence-electron chi connectivity index (χ0n) is 12.0. The van der Waals surface area contributed by atoms with Crippen molar-refractivity contribution in [3.8, 4) is 10.6 Å². The minimum absolute atomic E-state index is 0.0155. The lowest BCUT2D eigenvalue weighted by atomic mass is 9.90. The van der Waals surface area contributed by atoms with Crippen LogP contribution in [0.5, 0.6) is 0 Å². The van der Waals surface area contributed by atoms with Crippen molar-refractivity contribution in [3.63, 3.8) is 0 Å². The van der Waals surface area contributed by atoms with Crippen molar-refractivity contribution < 1.29 is 4.79 Å². The summed E-state index contributed by atoms with van der Waals surface area (Å²) in [6, 6.07) is 10.1. The molecule has 22 heavy (non-hydrogen) atoms. The highest BCUT2D eigenvalue weighted by Crippen LogP contribution is 2.39. The summed E-state index contributed by atoms with van der Waals surface area (Å²) in [5.74, 6) is 0.586. The lowest BCUT2D eigenvalue weighted by Crippen LogP contribution is -2.23. The zero-order chi connectivity index (χ0) is 15.1. The van der Waals surface area contributed by atoms with Crippen molar-refractivity contribution in [1.82, 2.24) is 15.2 Å². The quantitative estimate of drug-likeness (QED) is 0.763. The van der Waals surface area contributed by atoms with Crippen LogP contribution in [0.1, 0.15) is 29.3 Å². The maximum atomic E-state index is 11.9. The zero-order valence-corrected chi connectivity index (χ0v) is 12.8. The van der Waals surface area contributed by atoms with Gasteiger partial charge in [0.15, 0.2) is 5.82 Å². The largest absolute Gasteiger partial charge is 0.309 e. The number of hydrogen-bond acceptors (Lipinski definition) is 4. The highest BCUT2D eigenvalue weighted by Gasteiger charge is 2.31. The number of fused-ring (bicyclic) bond motifs is 1. The molecule has 1 aromatic carbocycles. The van der Waals surface area contributed by atoms with Gasteiger partial charge in [0.05, 0.1) is 5.69 Å². The van der Waals surface area contributed by atoms with Crippen molar-refractivity contribution in [2.45, 2.75) is 19.3 Å². The summed E-state index contributed by atoms with van der Waals surface area (Å²) in [6.07, 6.45) is 0.408. The highest BCUT2D eigenvalue weighted by molar-refractivity contribution is 7.13. The first-order chi connectivity index (χ1) is 10.7. The fourth-order valence-corrected chi connectivity index (χ4v) is 3.72. The number of nitrogens with zero attached hydrogens (tertiary/aromatic N) is 2. The monoisotopic (exact) mass is 310 g/mol. The van der Waals surface area contributed by atoms with Crippen LogP contribution >= 0.6 is 11.3 Å². The van der Waals surface area contributed by atoms with Gasteiger partial charge in [-0.05, 0) is 6.92 Å². The van der Waals surface area contributed by atoms with Crippen molar-refractivity contribution in [2.75, 3.05) is 5.32 Å². The smallest absolute Gasteiger partial charge is 0.226 e. The second-order valence-electron chi connectivity index (χ2n) is 5.36. The maximum Gasteiger partial charge on any atom is 0.226 e. The van der Waals surface area contributed by atoms with Crippen LogP contribution in [-0.4, -0.2) is 21.1 Å². The Morgan fingerprint density at radius 2 is 2.09 bits per heavy atom. The van der Waals surface area contributed by atoms with E-state index in [0.29, 0.717) is 12.2 Å². The molecular weight excluding hydrogens is 296 g/mol. The van der Waals surface area contributed by atoms with Crippen LogP contribution in [-0.2, 0) is 4.79 Å². The molecule has 2 aromatic heterocycles. The Hall–Kier alpha value is -2.47. The van der Waals surface area contributed by atoms with E-state index in [0.717, 1.165) is 27.5 Å².